The highest BCUT2D eigenvalue weighted by atomic mass is 16.7. The molecule has 1 fully saturated rings. The van der Waals surface area contributed by atoms with E-state index in [1.807, 2.05) is 0 Å². The van der Waals surface area contributed by atoms with Crippen molar-refractivity contribution in [3.8, 4) is 0 Å². The molecule has 0 aromatic heterocycles. The first-order valence-corrected chi connectivity index (χ1v) is 4.06. The van der Waals surface area contributed by atoms with Crippen LogP contribution in [0.4, 0.5) is 0 Å². The summed E-state index contributed by atoms with van der Waals surface area (Å²) in [6, 6.07) is -0.499. The second-order valence-corrected chi connectivity index (χ2v) is 2.76. The number of nitrogens with two attached hydrogens (primary N) is 1. The first-order valence-electron chi connectivity index (χ1n) is 4.06. The van der Waals surface area contributed by atoms with Gasteiger partial charge in [-0.15, -0.1) is 6.58 Å². The Hall–Kier alpha value is -0.870. The van der Waals surface area contributed by atoms with Gasteiger partial charge in [0.05, 0.1) is 19.2 Å². The molecule has 1 rings (SSSR count). The van der Waals surface area contributed by atoms with Crippen LogP contribution < -0.4 is 5.73 Å². The van der Waals surface area contributed by atoms with Crippen molar-refractivity contribution in [3.05, 3.63) is 12.7 Å². The average Bonchev–Trinajstić information content (AvgIpc) is 2.55. The predicted octanol–water partition coefficient (Wildman–Crippen LogP) is 0.0537. The number of hydrogen-bond donors (Lipinski definition) is 1. The maximum atomic E-state index is 11.4. The van der Waals surface area contributed by atoms with Gasteiger partial charge >= 0.3 is 0 Å². The lowest BCUT2D eigenvalue weighted by atomic mass is 10.2. The first kappa shape index (κ1) is 9.22. The molecule has 0 saturated carbocycles. The quantitative estimate of drug-likeness (QED) is 0.609. The van der Waals surface area contributed by atoms with E-state index in [-0.39, 0.29) is 5.91 Å². The van der Waals surface area contributed by atoms with Gasteiger partial charge in [-0.1, -0.05) is 6.08 Å². The van der Waals surface area contributed by atoms with Gasteiger partial charge in [0.25, 0.3) is 5.91 Å². The number of hydroxylamine groups is 2. The summed E-state index contributed by atoms with van der Waals surface area (Å²) in [5.74, 6) is -0.146. The van der Waals surface area contributed by atoms with Crippen molar-refractivity contribution in [2.45, 2.75) is 18.9 Å². The predicted molar refractivity (Wildman–Crippen MR) is 45.1 cm³/mol. The van der Waals surface area contributed by atoms with Crippen molar-refractivity contribution in [1.29, 1.82) is 0 Å². The van der Waals surface area contributed by atoms with Crippen molar-refractivity contribution in [2.75, 3.05) is 13.2 Å². The first-order chi connectivity index (χ1) is 5.75. The molecular formula is C8H14N2O2. The Labute approximate surface area is 71.9 Å². The van der Waals surface area contributed by atoms with Gasteiger partial charge < -0.3 is 5.73 Å². The minimum atomic E-state index is -0.499. The minimum absolute atomic E-state index is 0.146. The summed E-state index contributed by atoms with van der Waals surface area (Å²) in [5.41, 5.74) is 5.57. The van der Waals surface area contributed by atoms with Crippen LogP contribution in [0.1, 0.15) is 12.8 Å². The van der Waals surface area contributed by atoms with E-state index in [4.69, 9.17) is 10.6 Å². The molecule has 1 aliphatic heterocycles. The van der Waals surface area contributed by atoms with E-state index in [0.717, 1.165) is 6.42 Å². The third-order valence-corrected chi connectivity index (χ3v) is 1.74. The van der Waals surface area contributed by atoms with Crippen LogP contribution >= 0.6 is 0 Å². The van der Waals surface area contributed by atoms with Crippen molar-refractivity contribution in [2.24, 2.45) is 5.73 Å². The zero-order chi connectivity index (χ0) is 8.97. The van der Waals surface area contributed by atoms with Gasteiger partial charge in [0.1, 0.15) is 0 Å². The number of rotatable bonds is 3. The minimum Gasteiger partial charge on any atom is -0.320 e. The van der Waals surface area contributed by atoms with E-state index in [2.05, 4.69) is 6.58 Å². The molecule has 0 aromatic carbocycles. The molecule has 4 nitrogen and oxygen atoms in total. The summed E-state index contributed by atoms with van der Waals surface area (Å²) in [4.78, 5) is 16.4. The highest BCUT2D eigenvalue weighted by molar-refractivity contribution is 5.80. The maximum Gasteiger partial charge on any atom is 0.263 e. The van der Waals surface area contributed by atoms with Crippen LogP contribution in [0.5, 0.6) is 0 Å². The van der Waals surface area contributed by atoms with Crippen LogP contribution in [0.3, 0.4) is 0 Å². The molecule has 4 heteroatoms. The molecule has 1 saturated heterocycles. The maximum absolute atomic E-state index is 11.4. The lowest BCUT2D eigenvalue weighted by molar-refractivity contribution is -0.170. The third-order valence-electron chi connectivity index (χ3n) is 1.74. The molecule has 0 bridgehead atoms. The molecular weight excluding hydrogens is 156 g/mol. The SMILES string of the molecule is C=CCC(N)C(=O)N1CCCO1. The third kappa shape index (κ3) is 2.06. The number of nitrogens with zero attached hydrogens (tertiary/aromatic N) is 1. The summed E-state index contributed by atoms with van der Waals surface area (Å²) in [5, 5.41) is 1.34. The zero-order valence-corrected chi connectivity index (χ0v) is 7.03. The van der Waals surface area contributed by atoms with Gasteiger partial charge in [0, 0.05) is 0 Å². The van der Waals surface area contributed by atoms with Gasteiger partial charge in [0.15, 0.2) is 0 Å². The Morgan fingerprint density at radius 2 is 2.58 bits per heavy atom. The van der Waals surface area contributed by atoms with Crippen molar-refractivity contribution < 1.29 is 9.63 Å². The average molecular weight is 170 g/mol. The topological polar surface area (TPSA) is 55.6 Å². The number of hydrogen-bond acceptors (Lipinski definition) is 3. The second kappa shape index (κ2) is 4.23. The van der Waals surface area contributed by atoms with Crippen LogP contribution in [-0.2, 0) is 9.63 Å². The summed E-state index contributed by atoms with van der Waals surface area (Å²) < 4.78 is 0. The summed E-state index contributed by atoms with van der Waals surface area (Å²) in [6.45, 7) is 4.79. The molecule has 0 aliphatic carbocycles. The lowest BCUT2D eigenvalue weighted by Gasteiger charge is -2.17. The number of carbonyl (C=O) groups is 1. The summed E-state index contributed by atoms with van der Waals surface area (Å²) in [6.07, 6.45) is 3.03. The van der Waals surface area contributed by atoms with Crippen LogP contribution in [0.2, 0.25) is 0 Å². The van der Waals surface area contributed by atoms with Crippen LogP contribution in [0.15, 0.2) is 12.7 Å². The highest BCUT2D eigenvalue weighted by Gasteiger charge is 2.23. The van der Waals surface area contributed by atoms with E-state index in [9.17, 15) is 4.79 Å². The molecule has 2 N–H and O–H groups in total. The Balaban J connectivity index is 2.39. The highest BCUT2D eigenvalue weighted by Crippen LogP contribution is 2.06. The fourth-order valence-electron chi connectivity index (χ4n) is 1.09. The number of amides is 1. The molecule has 0 radical (unpaired) electrons. The largest absolute Gasteiger partial charge is 0.320 e. The lowest BCUT2D eigenvalue weighted by Crippen LogP contribution is -2.41. The molecule has 0 aromatic rings. The van der Waals surface area contributed by atoms with Gasteiger partial charge in [-0.05, 0) is 12.8 Å². The molecule has 1 atom stereocenters. The Morgan fingerprint density at radius 3 is 3.08 bits per heavy atom. The number of carbonyl (C=O) groups excluding carboxylic acids is 1. The second-order valence-electron chi connectivity index (χ2n) is 2.76. The van der Waals surface area contributed by atoms with Crippen molar-refractivity contribution in [3.63, 3.8) is 0 Å². The fourth-order valence-corrected chi connectivity index (χ4v) is 1.09. The van der Waals surface area contributed by atoms with E-state index in [1.165, 1.54) is 5.06 Å². The van der Waals surface area contributed by atoms with Gasteiger partial charge in [-0.25, -0.2) is 5.06 Å². The molecule has 1 unspecified atom stereocenters. The van der Waals surface area contributed by atoms with Gasteiger partial charge in [-0.2, -0.15) is 0 Å². The van der Waals surface area contributed by atoms with E-state index < -0.39 is 6.04 Å². The van der Waals surface area contributed by atoms with Gasteiger partial charge in [0.2, 0.25) is 0 Å². The standard InChI is InChI=1S/C8H14N2O2/c1-2-4-7(9)8(11)10-5-3-6-12-10/h2,7H,1,3-6,9H2. The summed E-state index contributed by atoms with van der Waals surface area (Å²) >= 11 is 0. The van der Waals surface area contributed by atoms with Crippen molar-refractivity contribution >= 4 is 5.91 Å². The fraction of sp³-hybridized carbons (Fsp3) is 0.625. The molecule has 0 spiro atoms. The van der Waals surface area contributed by atoms with E-state index in [1.54, 1.807) is 6.08 Å². The Bertz CT molecular complexity index is 176. The molecule has 12 heavy (non-hydrogen) atoms. The normalized spacial score (nSPS) is 19.2. The van der Waals surface area contributed by atoms with Crippen LogP contribution in [0.25, 0.3) is 0 Å². The van der Waals surface area contributed by atoms with Crippen LogP contribution in [-0.4, -0.2) is 30.2 Å². The smallest absolute Gasteiger partial charge is 0.263 e. The molecule has 1 aliphatic rings. The Kier molecular flexibility index (Phi) is 3.25. The van der Waals surface area contributed by atoms with E-state index >= 15 is 0 Å². The van der Waals surface area contributed by atoms with Crippen molar-refractivity contribution in [1.82, 2.24) is 5.06 Å². The summed E-state index contributed by atoms with van der Waals surface area (Å²) in [7, 11) is 0. The Morgan fingerprint density at radius 1 is 1.83 bits per heavy atom. The molecule has 68 valence electrons. The van der Waals surface area contributed by atoms with E-state index in [0.29, 0.717) is 19.6 Å². The van der Waals surface area contributed by atoms with Gasteiger partial charge in [-0.3, -0.25) is 9.63 Å². The monoisotopic (exact) mass is 170 g/mol. The zero-order valence-electron chi connectivity index (χ0n) is 7.03. The molecule has 1 amide bonds. The molecule has 1 heterocycles. The van der Waals surface area contributed by atoms with Crippen LogP contribution in [0, 0.1) is 0 Å².